The van der Waals surface area contributed by atoms with Crippen molar-refractivity contribution in [2.75, 3.05) is 0 Å². The van der Waals surface area contributed by atoms with Crippen LogP contribution >= 0.6 is 0 Å². The third-order valence-electron chi connectivity index (χ3n) is 3.69. The fourth-order valence-electron chi connectivity index (χ4n) is 3.47. The quantitative estimate of drug-likeness (QED) is 0.808. The van der Waals surface area contributed by atoms with E-state index in [9.17, 15) is 0 Å². The van der Waals surface area contributed by atoms with Gasteiger partial charge in [0.2, 0.25) is 0 Å². The fraction of sp³-hybridized carbons (Fsp3) is 0.529. The third kappa shape index (κ3) is 4.81. The van der Waals surface area contributed by atoms with Crippen LogP contribution in [0.4, 0.5) is 0 Å². The normalized spacial score (nSPS) is 21.5. The fourth-order valence-corrected chi connectivity index (χ4v) is 3.47. The zero-order chi connectivity index (χ0) is 13.4. The monoisotopic (exact) mass is 332 g/mol. The Morgan fingerprint density at radius 1 is 1.11 bits per heavy atom. The van der Waals surface area contributed by atoms with E-state index in [0.29, 0.717) is 5.92 Å². The smallest absolute Gasteiger partial charge is 0.0125 e. The van der Waals surface area contributed by atoms with Gasteiger partial charge in [-0.3, -0.25) is 18.1 Å². The van der Waals surface area contributed by atoms with E-state index in [0.717, 1.165) is 5.56 Å². The molecule has 0 aliphatic carbocycles. The van der Waals surface area contributed by atoms with Crippen LogP contribution in [0.1, 0.15) is 51.7 Å². The van der Waals surface area contributed by atoms with E-state index < -0.39 is 0 Å². The average molecular weight is 332 g/mol. The zero-order valence-corrected chi connectivity index (χ0v) is 15.5. The van der Waals surface area contributed by atoms with Crippen LogP contribution in [-0.4, -0.2) is 11.1 Å². The summed E-state index contributed by atoms with van der Waals surface area (Å²) < 4.78 is 0. The second-order valence-corrected chi connectivity index (χ2v) is 6.93. The van der Waals surface area contributed by atoms with E-state index in [4.69, 9.17) is 0 Å². The topological polar surface area (TPSA) is 12.0 Å². The Kier molecular flexibility index (Phi) is 5.57. The SMILES string of the molecule is [CH2-]c1ccccc1[CH-]C1CC(C)(C)NC(C)(C)C1.[Y]. The second kappa shape index (κ2) is 6.20. The molecule has 0 saturated carbocycles. The molecule has 1 radical (unpaired) electrons. The second-order valence-electron chi connectivity index (χ2n) is 6.93. The zero-order valence-electron chi connectivity index (χ0n) is 12.7. The largest absolute Gasteiger partial charge is 0.307 e. The maximum Gasteiger partial charge on any atom is 0.0125 e. The molecule has 0 atom stereocenters. The van der Waals surface area contributed by atoms with E-state index in [1.165, 1.54) is 18.4 Å². The predicted octanol–water partition coefficient (Wildman–Crippen LogP) is 3.98. The summed E-state index contributed by atoms with van der Waals surface area (Å²) in [6, 6.07) is 8.40. The molecule has 0 spiro atoms. The first-order valence-corrected chi connectivity index (χ1v) is 6.83. The van der Waals surface area contributed by atoms with Crippen molar-refractivity contribution in [2.24, 2.45) is 5.92 Å². The molecule has 1 aromatic carbocycles. The Morgan fingerprint density at radius 3 is 2.16 bits per heavy atom. The van der Waals surface area contributed by atoms with Crippen LogP contribution < -0.4 is 5.32 Å². The molecule has 19 heavy (non-hydrogen) atoms. The molecule has 0 bridgehead atoms. The Balaban J connectivity index is 0.00000180. The number of piperidine rings is 1. The van der Waals surface area contributed by atoms with Gasteiger partial charge in [0.1, 0.15) is 0 Å². The van der Waals surface area contributed by atoms with Crippen molar-refractivity contribution in [3.63, 3.8) is 0 Å². The maximum atomic E-state index is 4.11. The standard InChI is InChI=1S/C17H25N.Y/c1-13-8-6-7-9-15(13)10-14-11-16(2,3)18-17(4,5)12-14;/h6-10,14,18H,1,11-12H2,2-5H3;/q-2;. The third-order valence-corrected chi connectivity index (χ3v) is 3.69. The molecule has 1 N–H and O–H groups in total. The summed E-state index contributed by atoms with van der Waals surface area (Å²) >= 11 is 0. The molecule has 2 rings (SSSR count). The summed E-state index contributed by atoms with van der Waals surface area (Å²) in [5.41, 5.74) is 2.83. The van der Waals surface area contributed by atoms with Gasteiger partial charge in [0.15, 0.2) is 0 Å². The molecule has 0 aromatic heterocycles. The van der Waals surface area contributed by atoms with Gasteiger partial charge in [-0.25, -0.2) is 18.6 Å². The van der Waals surface area contributed by atoms with Crippen LogP contribution in [0.5, 0.6) is 0 Å². The predicted molar refractivity (Wildman–Crippen MR) is 78.3 cm³/mol. The van der Waals surface area contributed by atoms with E-state index in [1.54, 1.807) is 0 Å². The van der Waals surface area contributed by atoms with E-state index in [1.807, 2.05) is 0 Å². The molecule has 2 heteroatoms. The van der Waals surface area contributed by atoms with Crippen LogP contribution in [0, 0.1) is 19.3 Å². The van der Waals surface area contributed by atoms with Gasteiger partial charge in [-0.15, -0.1) is 12.1 Å². The average Bonchev–Trinajstić information content (AvgIpc) is 2.16. The van der Waals surface area contributed by atoms with Gasteiger partial charge in [-0.2, -0.15) is 0 Å². The van der Waals surface area contributed by atoms with Gasteiger partial charge >= 0.3 is 0 Å². The van der Waals surface area contributed by atoms with Crippen molar-refractivity contribution in [3.8, 4) is 0 Å². The molecule has 1 saturated heterocycles. The van der Waals surface area contributed by atoms with Crippen LogP contribution in [0.2, 0.25) is 0 Å². The minimum absolute atomic E-state index is 0. The van der Waals surface area contributed by atoms with Crippen molar-refractivity contribution < 1.29 is 32.7 Å². The van der Waals surface area contributed by atoms with Crippen molar-refractivity contribution >= 4 is 0 Å². The minimum atomic E-state index is 0. The molecular weight excluding hydrogens is 307 g/mol. The maximum absolute atomic E-state index is 4.11. The Bertz CT molecular complexity index is 407. The Hall–Kier alpha value is 0.0239. The van der Waals surface area contributed by atoms with Gasteiger partial charge in [-0.1, -0.05) is 5.92 Å². The number of rotatable bonds is 2. The summed E-state index contributed by atoms with van der Waals surface area (Å²) in [5, 5.41) is 3.73. The summed E-state index contributed by atoms with van der Waals surface area (Å²) in [6.45, 7) is 13.3. The molecular formula is C17H25NY-2. The molecule has 1 heterocycles. The summed E-state index contributed by atoms with van der Waals surface area (Å²) in [6.07, 6.45) is 4.78. The van der Waals surface area contributed by atoms with Crippen molar-refractivity contribution in [1.29, 1.82) is 0 Å². The van der Waals surface area contributed by atoms with Crippen LogP contribution in [-0.2, 0) is 32.7 Å². The van der Waals surface area contributed by atoms with Gasteiger partial charge in [0.25, 0.3) is 0 Å². The van der Waals surface area contributed by atoms with Gasteiger partial charge < -0.3 is 5.32 Å². The molecule has 1 fully saturated rings. The van der Waals surface area contributed by atoms with Crippen LogP contribution in [0.15, 0.2) is 24.3 Å². The molecule has 0 amide bonds. The summed E-state index contributed by atoms with van der Waals surface area (Å²) in [5.74, 6) is 0.624. The van der Waals surface area contributed by atoms with Crippen molar-refractivity contribution in [1.82, 2.24) is 5.32 Å². The Labute approximate surface area is 143 Å². The molecule has 103 valence electrons. The first kappa shape index (κ1) is 17.1. The van der Waals surface area contributed by atoms with E-state index >= 15 is 0 Å². The number of hydrogen-bond acceptors (Lipinski definition) is 1. The Morgan fingerprint density at radius 2 is 1.63 bits per heavy atom. The van der Waals surface area contributed by atoms with Crippen molar-refractivity contribution in [3.05, 3.63) is 48.7 Å². The van der Waals surface area contributed by atoms with Crippen molar-refractivity contribution in [2.45, 2.75) is 51.6 Å². The molecule has 1 aliphatic rings. The molecule has 1 aromatic rings. The van der Waals surface area contributed by atoms with E-state index in [2.05, 4.69) is 70.6 Å². The van der Waals surface area contributed by atoms with Gasteiger partial charge in [0.05, 0.1) is 0 Å². The minimum Gasteiger partial charge on any atom is -0.307 e. The number of nitrogens with one attached hydrogen (secondary N) is 1. The van der Waals surface area contributed by atoms with Crippen LogP contribution in [0.3, 0.4) is 0 Å². The summed E-state index contributed by atoms with van der Waals surface area (Å²) in [7, 11) is 0. The molecule has 1 nitrogen and oxygen atoms in total. The molecule has 0 unspecified atom stereocenters. The first-order chi connectivity index (χ1) is 8.27. The summed E-state index contributed by atoms with van der Waals surface area (Å²) in [4.78, 5) is 0. The van der Waals surface area contributed by atoms with E-state index in [-0.39, 0.29) is 43.8 Å². The van der Waals surface area contributed by atoms with Gasteiger partial charge in [-0.05, 0) is 40.5 Å². The van der Waals surface area contributed by atoms with Crippen LogP contribution in [0.25, 0.3) is 0 Å². The molecule has 1 aliphatic heterocycles. The number of benzene rings is 1. The first-order valence-electron chi connectivity index (χ1n) is 6.83. The van der Waals surface area contributed by atoms with Gasteiger partial charge in [0, 0.05) is 43.8 Å². The number of hydrogen-bond donors (Lipinski definition) is 1.